The molecule has 0 spiro atoms. The molecule has 0 aliphatic carbocycles. The van der Waals surface area contributed by atoms with Gasteiger partial charge in [-0.1, -0.05) is 43.6 Å². The second kappa shape index (κ2) is 6.02. The minimum Gasteiger partial charge on any atom is -0.392 e. The molecular weight excluding hydrogens is 266 g/mol. The second-order valence-electron chi connectivity index (χ2n) is 4.78. The third kappa shape index (κ3) is 3.04. The van der Waals surface area contributed by atoms with Gasteiger partial charge in [-0.2, -0.15) is 0 Å². The maximum Gasteiger partial charge on any atom is 0.0687 e. The molecule has 18 heavy (non-hydrogen) atoms. The molecule has 2 N–H and O–H groups in total. The minimum absolute atomic E-state index is 0.273. The molecule has 0 radical (unpaired) electrons. The number of aliphatic hydroxyl groups excluding tert-OH is 1. The fourth-order valence-corrected chi connectivity index (χ4v) is 3.22. The maximum absolute atomic E-state index is 9.72. The summed E-state index contributed by atoms with van der Waals surface area (Å²) in [5.74, 6) is 0.273. The molecule has 1 aromatic heterocycles. The topological polar surface area (TPSA) is 32.3 Å². The number of thiophene rings is 1. The lowest BCUT2D eigenvalue weighted by Crippen LogP contribution is -2.30. The quantitative estimate of drug-likeness (QED) is 0.878. The lowest BCUT2D eigenvalue weighted by molar-refractivity contribution is 0.123. The van der Waals surface area contributed by atoms with Crippen LogP contribution in [0.1, 0.15) is 18.7 Å². The Balaban J connectivity index is 2.02. The normalized spacial score (nSPS) is 13.4. The van der Waals surface area contributed by atoms with E-state index in [0.717, 1.165) is 15.3 Å². The summed E-state index contributed by atoms with van der Waals surface area (Å²) in [5.41, 5.74) is 0. The van der Waals surface area contributed by atoms with E-state index in [0.29, 0.717) is 13.1 Å². The van der Waals surface area contributed by atoms with E-state index in [4.69, 9.17) is 11.6 Å². The molecule has 0 fully saturated rings. The van der Waals surface area contributed by atoms with Crippen molar-refractivity contribution in [1.29, 1.82) is 0 Å². The van der Waals surface area contributed by atoms with Gasteiger partial charge < -0.3 is 10.4 Å². The van der Waals surface area contributed by atoms with Crippen molar-refractivity contribution in [1.82, 2.24) is 5.32 Å². The number of nitrogens with one attached hydrogen (secondary N) is 1. The van der Waals surface area contributed by atoms with Crippen LogP contribution in [-0.2, 0) is 6.54 Å². The molecule has 2 aromatic rings. The van der Waals surface area contributed by atoms with E-state index in [1.165, 1.54) is 4.70 Å². The van der Waals surface area contributed by atoms with E-state index in [2.05, 4.69) is 11.4 Å². The van der Waals surface area contributed by atoms with Gasteiger partial charge in [-0.15, -0.1) is 11.3 Å². The Bertz CT molecular complexity index is 523. The van der Waals surface area contributed by atoms with Crippen LogP contribution < -0.4 is 5.32 Å². The molecule has 0 aliphatic heterocycles. The largest absolute Gasteiger partial charge is 0.392 e. The van der Waals surface area contributed by atoms with E-state index < -0.39 is 0 Å². The summed E-state index contributed by atoms with van der Waals surface area (Å²) in [7, 11) is 0. The van der Waals surface area contributed by atoms with Crippen molar-refractivity contribution in [2.24, 2.45) is 5.92 Å². The van der Waals surface area contributed by atoms with Gasteiger partial charge in [-0.05, 0) is 12.0 Å². The lowest BCUT2D eigenvalue weighted by Gasteiger charge is -2.14. The summed E-state index contributed by atoms with van der Waals surface area (Å²) >= 11 is 8.05. The van der Waals surface area contributed by atoms with Gasteiger partial charge in [0.15, 0.2) is 0 Å². The summed E-state index contributed by atoms with van der Waals surface area (Å²) in [5, 5.41) is 14.9. The van der Waals surface area contributed by atoms with Gasteiger partial charge in [0.2, 0.25) is 0 Å². The molecule has 0 saturated heterocycles. The highest BCUT2D eigenvalue weighted by Crippen LogP contribution is 2.34. The Morgan fingerprint density at radius 3 is 2.72 bits per heavy atom. The zero-order valence-corrected chi connectivity index (χ0v) is 12.2. The van der Waals surface area contributed by atoms with Gasteiger partial charge in [0.05, 0.1) is 11.1 Å². The van der Waals surface area contributed by atoms with Crippen molar-refractivity contribution >= 4 is 33.0 Å². The number of hydrogen-bond donors (Lipinski definition) is 2. The van der Waals surface area contributed by atoms with Crippen molar-refractivity contribution in [3.8, 4) is 0 Å². The number of rotatable bonds is 5. The van der Waals surface area contributed by atoms with Gasteiger partial charge in [0, 0.05) is 28.1 Å². The molecule has 2 rings (SSSR count). The van der Waals surface area contributed by atoms with E-state index in [1.807, 2.05) is 32.0 Å². The van der Waals surface area contributed by atoms with Crippen LogP contribution in [0.5, 0.6) is 0 Å². The first-order valence-electron chi connectivity index (χ1n) is 6.14. The first-order valence-corrected chi connectivity index (χ1v) is 7.33. The first kappa shape index (κ1) is 13.8. The summed E-state index contributed by atoms with van der Waals surface area (Å²) in [6.45, 7) is 5.34. The molecule has 1 atom stereocenters. The van der Waals surface area contributed by atoms with Crippen LogP contribution in [0, 0.1) is 5.92 Å². The molecular formula is C14H18ClNOS. The first-order chi connectivity index (χ1) is 8.59. The minimum atomic E-state index is -0.307. The average molecular weight is 284 g/mol. The number of aliphatic hydroxyl groups is 1. The monoisotopic (exact) mass is 283 g/mol. The molecule has 1 heterocycles. The van der Waals surface area contributed by atoms with Crippen LogP contribution in [0.4, 0.5) is 0 Å². The van der Waals surface area contributed by atoms with Crippen molar-refractivity contribution in [3.05, 3.63) is 34.2 Å². The molecule has 0 aliphatic rings. The highest BCUT2D eigenvalue weighted by atomic mass is 35.5. The molecule has 98 valence electrons. The molecule has 0 bridgehead atoms. The number of benzene rings is 1. The maximum atomic E-state index is 9.72. The standard InChI is InChI=1S/C14H18ClNOS/c1-9(2)11(17)7-16-8-13-14(15)10-5-3-4-6-12(10)18-13/h3-6,9,11,16-17H,7-8H2,1-2H3. The van der Waals surface area contributed by atoms with Crippen LogP contribution in [0.25, 0.3) is 10.1 Å². The van der Waals surface area contributed by atoms with Crippen LogP contribution in [-0.4, -0.2) is 17.8 Å². The zero-order chi connectivity index (χ0) is 13.1. The highest BCUT2D eigenvalue weighted by molar-refractivity contribution is 7.19. The van der Waals surface area contributed by atoms with Crippen molar-refractivity contribution in [2.75, 3.05) is 6.54 Å². The van der Waals surface area contributed by atoms with Crippen LogP contribution in [0.3, 0.4) is 0 Å². The molecule has 0 saturated carbocycles. The van der Waals surface area contributed by atoms with Crippen molar-refractivity contribution < 1.29 is 5.11 Å². The Kier molecular flexibility index (Phi) is 4.62. The Labute approximate surface area is 117 Å². The summed E-state index contributed by atoms with van der Waals surface area (Å²) in [6.07, 6.45) is -0.307. The van der Waals surface area contributed by atoms with Crippen LogP contribution in [0.15, 0.2) is 24.3 Å². The zero-order valence-electron chi connectivity index (χ0n) is 10.6. The van der Waals surface area contributed by atoms with Crippen LogP contribution >= 0.6 is 22.9 Å². The van der Waals surface area contributed by atoms with Crippen molar-refractivity contribution in [2.45, 2.75) is 26.5 Å². The Morgan fingerprint density at radius 2 is 2.06 bits per heavy atom. The van der Waals surface area contributed by atoms with Gasteiger partial charge in [0.25, 0.3) is 0 Å². The van der Waals surface area contributed by atoms with E-state index in [-0.39, 0.29) is 12.0 Å². The molecule has 4 heteroatoms. The van der Waals surface area contributed by atoms with E-state index in [1.54, 1.807) is 11.3 Å². The smallest absolute Gasteiger partial charge is 0.0687 e. The molecule has 1 unspecified atom stereocenters. The molecule has 1 aromatic carbocycles. The lowest BCUT2D eigenvalue weighted by atomic mass is 10.1. The van der Waals surface area contributed by atoms with Gasteiger partial charge in [-0.25, -0.2) is 0 Å². The Hall–Kier alpha value is -0.610. The molecule has 0 amide bonds. The third-order valence-electron chi connectivity index (χ3n) is 3.01. The SMILES string of the molecule is CC(C)C(O)CNCc1sc2ccccc2c1Cl. The second-order valence-corrected chi connectivity index (χ2v) is 6.29. The van der Waals surface area contributed by atoms with Gasteiger partial charge in [-0.3, -0.25) is 0 Å². The van der Waals surface area contributed by atoms with Crippen molar-refractivity contribution in [3.63, 3.8) is 0 Å². The number of fused-ring (bicyclic) bond motifs is 1. The van der Waals surface area contributed by atoms with Crippen LogP contribution in [0.2, 0.25) is 5.02 Å². The fourth-order valence-electron chi connectivity index (χ4n) is 1.75. The summed E-state index contributed by atoms with van der Waals surface area (Å²) in [4.78, 5) is 1.13. The Morgan fingerprint density at radius 1 is 1.33 bits per heavy atom. The number of hydrogen-bond acceptors (Lipinski definition) is 3. The summed E-state index contributed by atoms with van der Waals surface area (Å²) < 4.78 is 1.21. The fraction of sp³-hybridized carbons (Fsp3) is 0.429. The predicted molar refractivity (Wildman–Crippen MR) is 79.4 cm³/mol. The predicted octanol–water partition coefficient (Wildman–Crippen LogP) is 3.66. The average Bonchev–Trinajstić information content (AvgIpc) is 2.67. The number of halogens is 1. The van der Waals surface area contributed by atoms with E-state index in [9.17, 15) is 5.11 Å². The van der Waals surface area contributed by atoms with Gasteiger partial charge in [0.1, 0.15) is 0 Å². The van der Waals surface area contributed by atoms with Gasteiger partial charge >= 0.3 is 0 Å². The molecule has 2 nitrogen and oxygen atoms in total. The van der Waals surface area contributed by atoms with E-state index >= 15 is 0 Å². The highest BCUT2D eigenvalue weighted by Gasteiger charge is 2.11. The third-order valence-corrected chi connectivity index (χ3v) is 4.72. The summed E-state index contributed by atoms with van der Waals surface area (Å²) in [6, 6.07) is 8.15.